The van der Waals surface area contributed by atoms with Crippen molar-refractivity contribution in [3.63, 3.8) is 0 Å². The molecule has 0 amide bonds. The van der Waals surface area contributed by atoms with Crippen molar-refractivity contribution in [2.45, 2.75) is 59.8 Å². The molecule has 233 valence electrons. The number of para-hydroxylation sites is 1. The average Bonchev–Trinajstić information content (AvgIpc) is 3.76. The van der Waals surface area contributed by atoms with Crippen LogP contribution in [-0.2, 0) is 26.5 Å². The van der Waals surface area contributed by atoms with E-state index in [0.717, 1.165) is 40.1 Å². The summed E-state index contributed by atoms with van der Waals surface area (Å²) in [4.78, 5) is 8.97. The largest absolute Gasteiger partial charge is 0.340 e. The van der Waals surface area contributed by atoms with Crippen LogP contribution in [0.2, 0.25) is 0 Å². The number of aromatic nitrogens is 4. The molecular formula is C40H42IrN4-2. The Kier molecular flexibility index (Phi) is 12.7. The van der Waals surface area contributed by atoms with Crippen LogP contribution in [0.1, 0.15) is 56.2 Å². The fourth-order valence-electron chi connectivity index (χ4n) is 5.36. The van der Waals surface area contributed by atoms with Gasteiger partial charge in [0.15, 0.2) is 0 Å². The summed E-state index contributed by atoms with van der Waals surface area (Å²) in [5.41, 5.74) is 8.14. The Morgan fingerprint density at radius 2 is 1.20 bits per heavy atom. The Labute approximate surface area is 282 Å². The molecule has 0 aliphatic carbocycles. The normalized spacial score (nSPS) is 11.3. The summed E-state index contributed by atoms with van der Waals surface area (Å²) in [5.74, 6) is 2.65. The minimum atomic E-state index is 0. The number of nitrogens with zero attached hydrogens (tertiary/aromatic N) is 4. The van der Waals surface area contributed by atoms with Gasteiger partial charge in [-0.1, -0.05) is 83.7 Å². The second-order valence-corrected chi connectivity index (χ2v) is 11.4. The van der Waals surface area contributed by atoms with Gasteiger partial charge in [-0.15, -0.1) is 70.8 Å². The first-order chi connectivity index (χ1) is 21.6. The van der Waals surface area contributed by atoms with E-state index >= 15 is 0 Å². The predicted molar refractivity (Wildman–Crippen MR) is 182 cm³/mol. The summed E-state index contributed by atoms with van der Waals surface area (Å²) in [6.07, 6.45) is 14.1. The van der Waals surface area contributed by atoms with Gasteiger partial charge in [0.2, 0.25) is 0 Å². The van der Waals surface area contributed by atoms with Gasteiger partial charge in [0.1, 0.15) is 0 Å². The minimum absolute atomic E-state index is 0. The van der Waals surface area contributed by atoms with Gasteiger partial charge in [-0.05, 0) is 42.2 Å². The number of aryl methyl sites for hydroxylation is 2. The van der Waals surface area contributed by atoms with Crippen LogP contribution in [0.5, 0.6) is 0 Å². The Morgan fingerprint density at radius 1 is 0.667 bits per heavy atom. The second-order valence-electron chi connectivity index (χ2n) is 11.4. The Balaban J connectivity index is 0.000000213. The molecular weight excluding hydrogens is 729 g/mol. The number of unbranched alkanes of at least 4 members (excludes halogenated alkanes) is 1. The fourth-order valence-corrected chi connectivity index (χ4v) is 5.36. The summed E-state index contributed by atoms with van der Waals surface area (Å²) >= 11 is 0. The molecule has 5 heteroatoms. The van der Waals surface area contributed by atoms with Crippen molar-refractivity contribution in [3.8, 4) is 34.2 Å². The van der Waals surface area contributed by atoms with E-state index in [-0.39, 0.29) is 20.1 Å². The van der Waals surface area contributed by atoms with E-state index in [9.17, 15) is 0 Å². The Morgan fingerprint density at radius 3 is 1.67 bits per heavy atom. The Bertz CT molecular complexity index is 1700. The van der Waals surface area contributed by atoms with E-state index in [1.165, 1.54) is 48.8 Å². The molecule has 45 heavy (non-hydrogen) atoms. The zero-order valence-corrected chi connectivity index (χ0v) is 29.1. The van der Waals surface area contributed by atoms with Gasteiger partial charge in [0.05, 0.1) is 11.6 Å². The SMILES string of the molecule is CCCCC(CC)Cc1ccc(-n2ccnc2-c2[c-]cc(C)cc2)cc1.Cc1c[c-]c(-c2nccn2-c2ccccc2)cc1.[Ir]. The van der Waals surface area contributed by atoms with Crippen LogP contribution >= 0.6 is 0 Å². The molecule has 1 radical (unpaired) electrons. The van der Waals surface area contributed by atoms with Crippen LogP contribution in [-0.4, -0.2) is 19.1 Å². The van der Waals surface area contributed by atoms with Crippen molar-refractivity contribution in [2.75, 3.05) is 0 Å². The van der Waals surface area contributed by atoms with Crippen molar-refractivity contribution in [1.82, 2.24) is 19.1 Å². The molecule has 2 heterocycles. The van der Waals surface area contributed by atoms with Crippen LogP contribution in [0.4, 0.5) is 0 Å². The number of imidazole rings is 2. The molecule has 1 unspecified atom stereocenters. The summed E-state index contributed by atoms with van der Waals surface area (Å²) in [7, 11) is 0. The molecule has 0 fully saturated rings. The number of hydrogen-bond acceptors (Lipinski definition) is 2. The van der Waals surface area contributed by atoms with E-state index in [0.29, 0.717) is 0 Å². The maximum absolute atomic E-state index is 4.54. The van der Waals surface area contributed by atoms with Crippen LogP contribution in [0.25, 0.3) is 34.2 Å². The number of hydrogen-bond donors (Lipinski definition) is 0. The van der Waals surface area contributed by atoms with Gasteiger partial charge in [-0.25, -0.2) is 0 Å². The fraction of sp³-hybridized carbons (Fsp3) is 0.250. The number of benzene rings is 4. The molecule has 1 atom stereocenters. The molecule has 0 aliphatic rings. The molecule has 0 N–H and O–H groups in total. The number of rotatable bonds is 10. The van der Waals surface area contributed by atoms with E-state index in [4.69, 9.17) is 0 Å². The van der Waals surface area contributed by atoms with Gasteiger partial charge in [-0.3, -0.25) is 9.97 Å². The third-order valence-corrected chi connectivity index (χ3v) is 8.02. The quantitative estimate of drug-likeness (QED) is 0.130. The van der Waals surface area contributed by atoms with Gasteiger partial charge in [-0.2, -0.15) is 0 Å². The van der Waals surface area contributed by atoms with Gasteiger partial charge >= 0.3 is 0 Å². The first-order valence-electron chi connectivity index (χ1n) is 15.7. The molecule has 0 saturated heterocycles. The van der Waals surface area contributed by atoms with Crippen molar-refractivity contribution in [1.29, 1.82) is 0 Å². The molecule has 4 nitrogen and oxygen atoms in total. The van der Waals surface area contributed by atoms with Crippen molar-refractivity contribution in [3.05, 3.63) is 145 Å². The van der Waals surface area contributed by atoms with Gasteiger partial charge < -0.3 is 9.13 Å². The van der Waals surface area contributed by atoms with Gasteiger partial charge in [0.25, 0.3) is 0 Å². The summed E-state index contributed by atoms with van der Waals surface area (Å²) in [5, 5.41) is 0. The van der Waals surface area contributed by atoms with E-state index in [1.54, 1.807) is 0 Å². The topological polar surface area (TPSA) is 35.6 Å². The van der Waals surface area contributed by atoms with Crippen LogP contribution in [0.15, 0.2) is 116 Å². The average molecular weight is 771 g/mol. The zero-order valence-electron chi connectivity index (χ0n) is 26.7. The zero-order chi connectivity index (χ0) is 30.7. The standard InChI is InChI=1S/C24H29N2.C16H13N2.Ir/c1-4-6-7-20(5-2)18-21-10-14-23(15-11-21)26-17-16-25-24(26)22-12-8-19(3)9-13-22;1-13-7-9-14(10-8-13)16-17-11-12-18(16)15-5-3-2-4-6-15;/h8-12,14-17,20H,4-7,18H2,1-3H3;2-9,11-12H,1H3;/q2*-1;. The molecule has 4 aromatic carbocycles. The van der Waals surface area contributed by atoms with Crippen LogP contribution in [0.3, 0.4) is 0 Å². The molecule has 6 aromatic rings. The molecule has 0 spiro atoms. The van der Waals surface area contributed by atoms with Crippen molar-refractivity contribution in [2.24, 2.45) is 5.92 Å². The van der Waals surface area contributed by atoms with E-state index in [1.807, 2.05) is 55.1 Å². The van der Waals surface area contributed by atoms with Gasteiger partial charge in [0, 0.05) is 56.3 Å². The molecule has 2 aromatic heterocycles. The van der Waals surface area contributed by atoms with Crippen molar-refractivity contribution >= 4 is 0 Å². The van der Waals surface area contributed by atoms with Crippen LogP contribution < -0.4 is 0 Å². The molecule has 0 bridgehead atoms. The summed E-state index contributed by atoms with van der Waals surface area (Å²) in [6.45, 7) is 8.72. The first-order valence-corrected chi connectivity index (χ1v) is 15.7. The maximum atomic E-state index is 4.54. The van der Waals surface area contributed by atoms with E-state index in [2.05, 4.69) is 120 Å². The second kappa shape index (κ2) is 16.9. The van der Waals surface area contributed by atoms with Crippen LogP contribution in [0, 0.1) is 31.9 Å². The predicted octanol–water partition coefficient (Wildman–Crippen LogP) is 10.1. The maximum Gasteiger partial charge on any atom is 0.0602 e. The van der Waals surface area contributed by atoms with E-state index < -0.39 is 0 Å². The van der Waals surface area contributed by atoms with Crippen molar-refractivity contribution < 1.29 is 20.1 Å². The summed E-state index contributed by atoms with van der Waals surface area (Å²) in [6, 6.07) is 38.1. The summed E-state index contributed by atoms with van der Waals surface area (Å²) < 4.78 is 4.21. The molecule has 6 rings (SSSR count). The smallest absolute Gasteiger partial charge is 0.0602 e. The third-order valence-electron chi connectivity index (χ3n) is 8.02. The first kappa shape index (κ1) is 33.8. The molecule has 0 saturated carbocycles. The Hall–Kier alpha value is -4.05. The minimum Gasteiger partial charge on any atom is -0.340 e. The third kappa shape index (κ3) is 9.00. The molecule has 0 aliphatic heterocycles. The monoisotopic (exact) mass is 771 g/mol.